The molecule has 8 heteroatoms. The maximum Gasteiger partial charge on any atom is 0.282 e. The number of imide groups is 1. The van der Waals surface area contributed by atoms with Gasteiger partial charge in [-0.25, -0.2) is 4.90 Å². The van der Waals surface area contributed by atoms with Crippen LogP contribution in [0.2, 0.25) is 15.1 Å². The molecule has 4 rings (SSSR count). The summed E-state index contributed by atoms with van der Waals surface area (Å²) in [6.07, 6.45) is 0. The second kappa shape index (κ2) is 8.00. The Labute approximate surface area is 184 Å². The van der Waals surface area contributed by atoms with Crippen LogP contribution in [0, 0.1) is 0 Å². The van der Waals surface area contributed by atoms with E-state index in [1.54, 1.807) is 42.5 Å². The van der Waals surface area contributed by atoms with Gasteiger partial charge < -0.3 is 9.80 Å². The van der Waals surface area contributed by atoms with Gasteiger partial charge in [-0.05, 0) is 37.4 Å². The highest BCUT2D eigenvalue weighted by Crippen LogP contribution is 2.38. The van der Waals surface area contributed by atoms with Crippen molar-refractivity contribution in [1.82, 2.24) is 9.80 Å². The van der Waals surface area contributed by atoms with E-state index in [0.29, 0.717) is 50.7 Å². The minimum Gasteiger partial charge on any atom is -0.364 e. The average molecular weight is 451 g/mol. The van der Waals surface area contributed by atoms with Crippen molar-refractivity contribution in [3.8, 4) is 0 Å². The van der Waals surface area contributed by atoms with Crippen LogP contribution >= 0.6 is 34.8 Å². The Morgan fingerprint density at radius 1 is 0.828 bits per heavy atom. The summed E-state index contributed by atoms with van der Waals surface area (Å²) in [4.78, 5) is 32.2. The van der Waals surface area contributed by atoms with E-state index in [2.05, 4.69) is 4.90 Å². The van der Waals surface area contributed by atoms with Crippen molar-refractivity contribution in [2.75, 3.05) is 38.1 Å². The lowest BCUT2D eigenvalue weighted by atomic mass is 10.0. The summed E-state index contributed by atoms with van der Waals surface area (Å²) in [5, 5.41) is 1.24. The van der Waals surface area contributed by atoms with Gasteiger partial charge in [-0.15, -0.1) is 0 Å². The van der Waals surface area contributed by atoms with Crippen LogP contribution in [0.25, 0.3) is 5.57 Å². The van der Waals surface area contributed by atoms with Crippen molar-refractivity contribution >= 4 is 57.9 Å². The van der Waals surface area contributed by atoms with Crippen LogP contribution in [0.3, 0.4) is 0 Å². The third-order valence-corrected chi connectivity index (χ3v) is 5.93. The van der Waals surface area contributed by atoms with Gasteiger partial charge in [0.05, 0.1) is 16.3 Å². The zero-order chi connectivity index (χ0) is 20.7. The van der Waals surface area contributed by atoms with Crippen molar-refractivity contribution in [2.24, 2.45) is 0 Å². The molecule has 2 heterocycles. The van der Waals surface area contributed by atoms with Crippen molar-refractivity contribution in [1.29, 1.82) is 0 Å². The molecule has 2 aromatic rings. The summed E-state index contributed by atoms with van der Waals surface area (Å²) in [7, 11) is 2.03. The largest absolute Gasteiger partial charge is 0.364 e. The normalized spacial score (nSPS) is 18.2. The maximum absolute atomic E-state index is 13.5. The van der Waals surface area contributed by atoms with E-state index < -0.39 is 5.91 Å². The Morgan fingerprint density at radius 2 is 1.52 bits per heavy atom. The first-order valence-electron chi connectivity index (χ1n) is 9.14. The lowest BCUT2D eigenvalue weighted by Crippen LogP contribution is -2.46. The summed E-state index contributed by atoms with van der Waals surface area (Å²) < 4.78 is 0. The van der Waals surface area contributed by atoms with Crippen LogP contribution in [0.5, 0.6) is 0 Å². The van der Waals surface area contributed by atoms with Crippen molar-refractivity contribution in [3.05, 3.63) is 68.8 Å². The molecule has 2 aliphatic rings. The second-order valence-corrected chi connectivity index (χ2v) is 8.34. The Morgan fingerprint density at radius 3 is 2.17 bits per heavy atom. The third-order valence-electron chi connectivity index (χ3n) is 5.15. The van der Waals surface area contributed by atoms with E-state index in [0.717, 1.165) is 13.1 Å². The van der Waals surface area contributed by atoms with Gasteiger partial charge in [0.1, 0.15) is 5.70 Å². The minimum absolute atomic E-state index is 0.293. The lowest BCUT2D eigenvalue weighted by molar-refractivity contribution is -0.120. The summed E-state index contributed by atoms with van der Waals surface area (Å²) in [6.45, 7) is 2.87. The molecule has 150 valence electrons. The summed E-state index contributed by atoms with van der Waals surface area (Å²) >= 11 is 18.6. The van der Waals surface area contributed by atoms with E-state index in [1.807, 2.05) is 11.9 Å². The van der Waals surface area contributed by atoms with Gasteiger partial charge in [-0.3, -0.25) is 9.59 Å². The topological polar surface area (TPSA) is 43.9 Å². The van der Waals surface area contributed by atoms with Gasteiger partial charge in [0, 0.05) is 41.8 Å². The molecular formula is C21H18Cl3N3O2. The Hall–Kier alpha value is -2.05. The third kappa shape index (κ3) is 3.76. The number of hydrogen-bond acceptors (Lipinski definition) is 4. The Kier molecular flexibility index (Phi) is 5.58. The fourth-order valence-electron chi connectivity index (χ4n) is 3.63. The molecule has 0 saturated carbocycles. The number of benzene rings is 2. The van der Waals surface area contributed by atoms with Crippen molar-refractivity contribution in [2.45, 2.75) is 0 Å². The molecule has 2 aromatic carbocycles. The molecule has 1 fully saturated rings. The summed E-state index contributed by atoms with van der Waals surface area (Å²) in [5.74, 6) is -0.793. The first-order chi connectivity index (χ1) is 13.9. The molecule has 0 atom stereocenters. The number of nitrogens with zero attached hydrogens (tertiary/aromatic N) is 3. The van der Waals surface area contributed by atoms with Crippen LogP contribution < -0.4 is 4.90 Å². The van der Waals surface area contributed by atoms with E-state index in [-0.39, 0.29) is 5.91 Å². The fourth-order valence-corrected chi connectivity index (χ4v) is 4.31. The predicted octanol–water partition coefficient (Wildman–Crippen LogP) is 4.18. The molecule has 0 radical (unpaired) electrons. The Balaban J connectivity index is 1.85. The summed E-state index contributed by atoms with van der Waals surface area (Å²) in [5.41, 5.74) is 1.58. The molecule has 29 heavy (non-hydrogen) atoms. The maximum atomic E-state index is 13.5. The number of amides is 2. The van der Waals surface area contributed by atoms with Crippen LogP contribution in [0.1, 0.15) is 5.56 Å². The van der Waals surface area contributed by atoms with Gasteiger partial charge >= 0.3 is 0 Å². The standard InChI is InChI=1S/C21H18Cl3N3O2/c1-25-7-9-26(10-8-25)19-18(16-6-5-14(23)12-17(16)24)20(28)27(21(19)29)15-4-2-3-13(22)11-15/h2-6,11-12H,7-10H2,1H3. The zero-order valence-electron chi connectivity index (χ0n) is 15.7. The smallest absolute Gasteiger partial charge is 0.282 e. The second-order valence-electron chi connectivity index (χ2n) is 7.06. The molecule has 0 aromatic heterocycles. The van der Waals surface area contributed by atoms with E-state index in [9.17, 15) is 9.59 Å². The van der Waals surface area contributed by atoms with Crippen LogP contribution in [0.15, 0.2) is 48.2 Å². The number of piperazine rings is 1. The SMILES string of the molecule is CN1CCN(C2=C(c3ccc(Cl)cc3Cl)C(=O)N(c3cccc(Cl)c3)C2=O)CC1. The molecule has 2 amide bonds. The molecule has 5 nitrogen and oxygen atoms in total. The van der Waals surface area contributed by atoms with Crippen LogP contribution in [0.4, 0.5) is 5.69 Å². The number of hydrogen-bond donors (Lipinski definition) is 0. The highest BCUT2D eigenvalue weighted by molar-refractivity contribution is 6.47. The molecule has 2 aliphatic heterocycles. The number of halogens is 3. The molecule has 0 N–H and O–H groups in total. The molecule has 0 aliphatic carbocycles. The molecule has 0 spiro atoms. The fraction of sp³-hybridized carbons (Fsp3) is 0.238. The number of anilines is 1. The van der Waals surface area contributed by atoms with Crippen LogP contribution in [-0.4, -0.2) is 54.8 Å². The quantitative estimate of drug-likeness (QED) is 0.658. The van der Waals surface area contributed by atoms with Crippen LogP contribution in [-0.2, 0) is 9.59 Å². The highest BCUT2D eigenvalue weighted by atomic mass is 35.5. The van der Waals surface area contributed by atoms with Gasteiger partial charge in [0.15, 0.2) is 0 Å². The summed E-state index contributed by atoms with van der Waals surface area (Å²) in [6, 6.07) is 11.6. The minimum atomic E-state index is -0.421. The number of carbonyl (C=O) groups excluding carboxylic acids is 2. The first-order valence-corrected chi connectivity index (χ1v) is 10.3. The average Bonchev–Trinajstić information content (AvgIpc) is 2.93. The zero-order valence-corrected chi connectivity index (χ0v) is 17.9. The van der Waals surface area contributed by atoms with Gasteiger partial charge in [-0.2, -0.15) is 0 Å². The monoisotopic (exact) mass is 449 g/mol. The molecular weight excluding hydrogens is 433 g/mol. The molecule has 1 saturated heterocycles. The van der Waals surface area contributed by atoms with E-state index in [1.165, 1.54) is 4.90 Å². The first kappa shape index (κ1) is 20.2. The number of likely N-dealkylation sites (N-methyl/N-ethyl adjacent to an activating group) is 1. The van der Waals surface area contributed by atoms with E-state index >= 15 is 0 Å². The van der Waals surface area contributed by atoms with Gasteiger partial charge in [-0.1, -0.05) is 46.9 Å². The lowest BCUT2D eigenvalue weighted by Gasteiger charge is -2.34. The van der Waals surface area contributed by atoms with Gasteiger partial charge in [0.25, 0.3) is 11.8 Å². The number of rotatable bonds is 3. The van der Waals surface area contributed by atoms with Crippen molar-refractivity contribution < 1.29 is 9.59 Å². The van der Waals surface area contributed by atoms with Gasteiger partial charge in [0.2, 0.25) is 0 Å². The number of carbonyl (C=O) groups is 2. The van der Waals surface area contributed by atoms with Crippen molar-refractivity contribution in [3.63, 3.8) is 0 Å². The molecule has 0 bridgehead atoms. The van der Waals surface area contributed by atoms with E-state index in [4.69, 9.17) is 34.8 Å². The predicted molar refractivity (Wildman–Crippen MR) is 116 cm³/mol. The Bertz CT molecular complexity index is 1030. The highest BCUT2D eigenvalue weighted by Gasteiger charge is 2.43. The molecule has 0 unspecified atom stereocenters.